The molecule has 0 atom stereocenters. The molecule has 6 heteroatoms. The van der Waals surface area contributed by atoms with Crippen LogP contribution in [-0.2, 0) is 0 Å². The Kier molecular flexibility index (Phi) is 2.10. The molecular weight excluding hydrogens is 180 g/mol. The highest BCUT2D eigenvalue weighted by atomic mass is 15.4. The van der Waals surface area contributed by atoms with Crippen molar-refractivity contribution in [2.24, 2.45) is 4.99 Å². The van der Waals surface area contributed by atoms with Gasteiger partial charge in [0, 0.05) is 14.1 Å². The predicted octanol–water partition coefficient (Wildman–Crippen LogP) is 0.346. The second-order valence-corrected chi connectivity index (χ2v) is 3.01. The first-order valence-electron chi connectivity index (χ1n) is 4.13. The molecule has 0 saturated carbocycles. The summed E-state index contributed by atoms with van der Waals surface area (Å²) in [7, 11) is 3.80. The molecule has 0 aliphatic rings. The van der Waals surface area contributed by atoms with Gasteiger partial charge in [-0.2, -0.15) is 0 Å². The minimum atomic E-state index is 0.608. The Morgan fingerprint density at radius 3 is 3.07 bits per heavy atom. The molecule has 0 radical (unpaired) electrons. The van der Waals surface area contributed by atoms with Crippen molar-refractivity contribution in [3.05, 3.63) is 18.5 Å². The average Bonchev–Trinajstić information content (AvgIpc) is 2.61. The number of aliphatic imine (C=N–C) groups is 1. The summed E-state index contributed by atoms with van der Waals surface area (Å²) in [6.07, 6.45) is 3.15. The van der Waals surface area contributed by atoms with Crippen LogP contribution >= 0.6 is 0 Å². The molecule has 72 valence electrons. The van der Waals surface area contributed by atoms with Crippen LogP contribution in [0.25, 0.3) is 5.65 Å². The van der Waals surface area contributed by atoms with Gasteiger partial charge in [-0.25, -0.2) is 9.98 Å². The highest BCUT2D eigenvalue weighted by Gasteiger charge is 1.96. The molecule has 0 amide bonds. The fourth-order valence-electron chi connectivity index (χ4n) is 0.954. The summed E-state index contributed by atoms with van der Waals surface area (Å²) < 4.78 is 1.45. The summed E-state index contributed by atoms with van der Waals surface area (Å²) in [5, 5.41) is 8.04. The van der Waals surface area contributed by atoms with Gasteiger partial charge in [-0.3, -0.25) is 0 Å². The molecule has 2 heterocycles. The maximum absolute atomic E-state index is 4.14. The summed E-state index contributed by atoms with van der Waals surface area (Å²) in [5.74, 6) is 0.608. The van der Waals surface area contributed by atoms with Gasteiger partial charge in [-0.05, 0) is 12.1 Å². The average molecular weight is 190 g/mol. The Balaban J connectivity index is 2.34. The first-order valence-corrected chi connectivity index (χ1v) is 4.13. The Morgan fingerprint density at radius 1 is 1.43 bits per heavy atom. The number of rotatable bonds is 2. The van der Waals surface area contributed by atoms with Gasteiger partial charge >= 0.3 is 0 Å². The van der Waals surface area contributed by atoms with Gasteiger partial charge in [0.2, 0.25) is 0 Å². The third-order valence-electron chi connectivity index (χ3n) is 1.56. The van der Waals surface area contributed by atoms with Crippen LogP contribution in [0.3, 0.4) is 0 Å². The lowest BCUT2D eigenvalue weighted by Gasteiger charge is -2.01. The van der Waals surface area contributed by atoms with E-state index in [9.17, 15) is 0 Å². The summed E-state index contributed by atoms with van der Waals surface area (Å²) in [6, 6.07) is 3.62. The Bertz CT molecular complexity index is 458. The molecule has 0 N–H and O–H groups in total. The van der Waals surface area contributed by atoms with Crippen molar-refractivity contribution in [1.29, 1.82) is 0 Å². The molecule has 14 heavy (non-hydrogen) atoms. The molecule has 0 spiro atoms. The molecule has 6 nitrogen and oxygen atoms in total. The van der Waals surface area contributed by atoms with Gasteiger partial charge in [0.15, 0.2) is 11.5 Å². The van der Waals surface area contributed by atoms with E-state index in [1.165, 1.54) is 11.0 Å². The quantitative estimate of drug-likeness (QED) is 0.506. The molecular formula is C8H10N6. The van der Waals surface area contributed by atoms with Crippen LogP contribution in [0, 0.1) is 0 Å². The lowest BCUT2D eigenvalue weighted by Crippen LogP contribution is -2.07. The number of hydrogen-bond donors (Lipinski definition) is 0. The smallest absolute Gasteiger partial charge is 0.176 e. The van der Waals surface area contributed by atoms with E-state index in [0.717, 1.165) is 0 Å². The molecule has 0 unspecified atom stereocenters. The molecule has 0 fully saturated rings. The predicted molar refractivity (Wildman–Crippen MR) is 52.6 cm³/mol. The van der Waals surface area contributed by atoms with E-state index in [4.69, 9.17) is 0 Å². The number of nitrogens with zero attached hydrogens (tertiary/aromatic N) is 6. The Labute approximate surface area is 80.9 Å². The van der Waals surface area contributed by atoms with E-state index in [1.54, 1.807) is 12.4 Å². The van der Waals surface area contributed by atoms with Crippen LogP contribution in [-0.4, -0.2) is 45.1 Å². The minimum absolute atomic E-state index is 0.608. The third-order valence-corrected chi connectivity index (χ3v) is 1.56. The Morgan fingerprint density at radius 2 is 2.29 bits per heavy atom. The first-order chi connectivity index (χ1) is 6.75. The molecule has 0 aliphatic heterocycles. The highest BCUT2D eigenvalue weighted by molar-refractivity contribution is 5.59. The van der Waals surface area contributed by atoms with Crippen molar-refractivity contribution in [3.63, 3.8) is 0 Å². The molecule has 2 rings (SSSR count). The third kappa shape index (κ3) is 1.68. The largest absolute Gasteiger partial charge is 0.369 e. The van der Waals surface area contributed by atoms with Crippen molar-refractivity contribution in [2.75, 3.05) is 14.1 Å². The normalized spacial score (nSPS) is 11.3. The van der Waals surface area contributed by atoms with Crippen molar-refractivity contribution in [3.8, 4) is 0 Å². The van der Waals surface area contributed by atoms with E-state index in [0.29, 0.717) is 11.5 Å². The SMILES string of the molecule is CN(C)C=Nc1ccc2ncnn2n1. The molecule has 0 aliphatic carbocycles. The van der Waals surface area contributed by atoms with E-state index < -0.39 is 0 Å². The summed E-state index contributed by atoms with van der Waals surface area (Å²) in [6.45, 7) is 0. The summed E-state index contributed by atoms with van der Waals surface area (Å²) >= 11 is 0. The molecule has 0 bridgehead atoms. The van der Waals surface area contributed by atoms with Gasteiger partial charge in [-0.1, -0.05) is 0 Å². The van der Waals surface area contributed by atoms with Gasteiger partial charge in [0.05, 0.1) is 6.34 Å². The van der Waals surface area contributed by atoms with Crippen LogP contribution in [0.15, 0.2) is 23.5 Å². The topological polar surface area (TPSA) is 58.7 Å². The van der Waals surface area contributed by atoms with Gasteiger partial charge in [0.25, 0.3) is 0 Å². The molecule has 2 aromatic heterocycles. The number of fused-ring (bicyclic) bond motifs is 1. The van der Waals surface area contributed by atoms with E-state index >= 15 is 0 Å². The maximum Gasteiger partial charge on any atom is 0.176 e. The Hall–Kier alpha value is -1.98. The van der Waals surface area contributed by atoms with Crippen LogP contribution in [0.2, 0.25) is 0 Å². The van der Waals surface area contributed by atoms with E-state index in [2.05, 4.69) is 20.2 Å². The van der Waals surface area contributed by atoms with Crippen LogP contribution in [0.5, 0.6) is 0 Å². The van der Waals surface area contributed by atoms with Crippen molar-refractivity contribution < 1.29 is 0 Å². The van der Waals surface area contributed by atoms with Gasteiger partial charge in [0.1, 0.15) is 6.33 Å². The zero-order valence-corrected chi connectivity index (χ0v) is 7.99. The van der Waals surface area contributed by atoms with Crippen LogP contribution < -0.4 is 0 Å². The number of hydrogen-bond acceptors (Lipinski definition) is 4. The summed E-state index contributed by atoms with van der Waals surface area (Å²) in [5.41, 5.74) is 0.716. The lowest BCUT2D eigenvalue weighted by molar-refractivity contribution is 0.642. The molecule has 2 aromatic rings. The van der Waals surface area contributed by atoms with Crippen LogP contribution in [0.4, 0.5) is 5.82 Å². The second-order valence-electron chi connectivity index (χ2n) is 3.01. The highest BCUT2D eigenvalue weighted by Crippen LogP contribution is 2.06. The van der Waals surface area contributed by atoms with Crippen LogP contribution in [0.1, 0.15) is 0 Å². The van der Waals surface area contributed by atoms with Crippen molar-refractivity contribution >= 4 is 17.8 Å². The van der Waals surface area contributed by atoms with Crippen molar-refractivity contribution in [1.82, 2.24) is 24.7 Å². The maximum atomic E-state index is 4.14. The minimum Gasteiger partial charge on any atom is -0.369 e. The molecule has 0 saturated heterocycles. The van der Waals surface area contributed by atoms with Gasteiger partial charge in [-0.15, -0.1) is 14.8 Å². The van der Waals surface area contributed by atoms with E-state index in [-0.39, 0.29) is 0 Å². The first kappa shape index (κ1) is 8.61. The monoisotopic (exact) mass is 190 g/mol. The standard InChI is InChI=1S/C8H10N6/c1-13(2)6-10-7-3-4-8-9-5-11-14(8)12-7/h3-6H,1-2H3. The molecule has 0 aromatic carbocycles. The fraction of sp³-hybridized carbons (Fsp3) is 0.250. The second kappa shape index (κ2) is 3.41. The summed E-state index contributed by atoms with van der Waals surface area (Å²) in [4.78, 5) is 9.96. The van der Waals surface area contributed by atoms with E-state index in [1.807, 2.05) is 25.1 Å². The lowest BCUT2D eigenvalue weighted by atomic mass is 10.5. The zero-order chi connectivity index (χ0) is 9.97. The van der Waals surface area contributed by atoms with Gasteiger partial charge < -0.3 is 4.90 Å². The van der Waals surface area contributed by atoms with Crippen molar-refractivity contribution in [2.45, 2.75) is 0 Å². The fourth-order valence-corrected chi connectivity index (χ4v) is 0.954. The number of aromatic nitrogens is 4. The zero-order valence-electron chi connectivity index (χ0n) is 7.99.